The highest BCUT2D eigenvalue weighted by Crippen LogP contribution is 2.55. The van der Waals surface area contributed by atoms with E-state index in [9.17, 15) is 13.2 Å². The number of esters is 1. The Hall–Kier alpha value is -2.60. The number of hydrogen-bond acceptors (Lipinski definition) is 4. The van der Waals surface area contributed by atoms with Crippen LogP contribution in [-0.2, 0) is 25.1 Å². The molecule has 0 spiro atoms. The van der Waals surface area contributed by atoms with Crippen molar-refractivity contribution in [2.24, 2.45) is 0 Å². The van der Waals surface area contributed by atoms with Crippen LogP contribution in [-0.4, -0.2) is 25.3 Å². The number of rotatable bonds is 3. The molecule has 0 aliphatic carbocycles. The Kier molecular flexibility index (Phi) is 3.47. The molecule has 2 heterocycles. The minimum Gasteiger partial charge on any atom is -0.461 e. The van der Waals surface area contributed by atoms with Gasteiger partial charge in [-0.1, -0.05) is 48.5 Å². The Bertz CT molecular complexity index is 981. The summed E-state index contributed by atoms with van der Waals surface area (Å²) in [6.07, 6.45) is 2.06. The molecule has 0 amide bonds. The van der Waals surface area contributed by atoms with Gasteiger partial charge in [0.1, 0.15) is 11.2 Å². The molecule has 1 unspecified atom stereocenters. The second-order valence-corrected chi connectivity index (χ2v) is 7.76. The van der Waals surface area contributed by atoms with Gasteiger partial charge in [0.2, 0.25) is 0 Å². The van der Waals surface area contributed by atoms with Crippen LogP contribution in [0, 0.1) is 0 Å². The predicted octanol–water partition coefficient (Wildman–Crippen LogP) is 2.79. The molecule has 0 bridgehead atoms. The second kappa shape index (κ2) is 5.46. The van der Waals surface area contributed by atoms with Crippen LogP contribution in [0.4, 0.5) is 0 Å². The quantitative estimate of drug-likeness (QED) is 0.794. The van der Waals surface area contributed by atoms with Crippen LogP contribution < -0.4 is 0 Å². The fourth-order valence-electron chi connectivity index (χ4n) is 3.78. The van der Waals surface area contributed by atoms with Crippen molar-refractivity contribution in [3.63, 3.8) is 0 Å². The third kappa shape index (κ3) is 2.00. The summed E-state index contributed by atoms with van der Waals surface area (Å²) in [6.45, 7) is 1.89. The predicted molar refractivity (Wildman–Crippen MR) is 92.0 cm³/mol. The van der Waals surface area contributed by atoms with Crippen LogP contribution in [0.1, 0.15) is 24.5 Å². The molecular formula is C19H17NO4S. The number of benzene rings is 2. The Labute approximate surface area is 146 Å². The van der Waals surface area contributed by atoms with Gasteiger partial charge < -0.3 is 4.74 Å². The van der Waals surface area contributed by atoms with Crippen molar-refractivity contribution in [2.45, 2.75) is 23.8 Å². The van der Waals surface area contributed by atoms with Crippen LogP contribution in [0.5, 0.6) is 0 Å². The average molecular weight is 355 g/mol. The van der Waals surface area contributed by atoms with E-state index >= 15 is 0 Å². The topological polar surface area (TPSA) is 63.7 Å². The molecule has 0 N–H and O–H groups in total. The first kappa shape index (κ1) is 15.9. The van der Waals surface area contributed by atoms with Crippen LogP contribution >= 0.6 is 0 Å². The van der Waals surface area contributed by atoms with Gasteiger partial charge in [-0.05, 0) is 24.6 Å². The molecule has 0 saturated heterocycles. The van der Waals surface area contributed by atoms with Crippen molar-refractivity contribution in [3.8, 4) is 0 Å². The van der Waals surface area contributed by atoms with Gasteiger partial charge in [0.15, 0.2) is 0 Å². The van der Waals surface area contributed by atoms with Crippen molar-refractivity contribution in [3.05, 3.63) is 77.5 Å². The van der Waals surface area contributed by atoms with E-state index < -0.39 is 21.5 Å². The minimum atomic E-state index is -3.84. The largest absolute Gasteiger partial charge is 0.461 e. The van der Waals surface area contributed by atoms with E-state index in [1.54, 1.807) is 25.1 Å². The fourth-order valence-corrected chi connectivity index (χ4v) is 5.84. The molecule has 6 heteroatoms. The second-order valence-electron chi connectivity index (χ2n) is 6.01. The molecule has 0 saturated carbocycles. The van der Waals surface area contributed by atoms with E-state index in [4.69, 9.17) is 4.74 Å². The highest BCUT2D eigenvalue weighted by Gasteiger charge is 2.59. The summed E-state index contributed by atoms with van der Waals surface area (Å²) in [7, 11) is -3.84. The van der Waals surface area contributed by atoms with Crippen LogP contribution in [0.2, 0.25) is 0 Å². The lowest BCUT2D eigenvalue weighted by atomic mass is 9.82. The highest BCUT2D eigenvalue weighted by atomic mass is 32.2. The maximum absolute atomic E-state index is 13.2. The molecule has 0 aromatic heterocycles. The first-order valence-corrected chi connectivity index (χ1v) is 9.55. The summed E-state index contributed by atoms with van der Waals surface area (Å²) < 4.78 is 32.8. The Balaban J connectivity index is 1.99. The summed E-state index contributed by atoms with van der Waals surface area (Å²) in [5.74, 6) is -0.614. The summed E-state index contributed by atoms with van der Waals surface area (Å²) in [5.41, 5.74) is 0.677. The molecule has 25 heavy (non-hydrogen) atoms. The Morgan fingerprint density at radius 1 is 1.12 bits per heavy atom. The molecule has 2 aromatic rings. The number of fused-ring (bicyclic) bond motifs is 3. The molecular weight excluding hydrogens is 338 g/mol. The molecule has 5 nitrogen and oxygen atoms in total. The van der Waals surface area contributed by atoms with Crippen molar-refractivity contribution < 1.29 is 17.9 Å². The number of carbonyl (C=O) groups is 1. The number of carbonyl (C=O) groups excluding carboxylic acids is 1. The smallest absolute Gasteiger partial charge is 0.355 e. The summed E-state index contributed by atoms with van der Waals surface area (Å²) in [5, 5.41) is 0. The monoisotopic (exact) mass is 355 g/mol. The molecule has 0 radical (unpaired) electrons. The average Bonchev–Trinajstić information content (AvgIpc) is 3.12. The number of nitrogens with zero attached hydrogens (tertiary/aromatic N) is 1. The number of hydrogen-bond donors (Lipinski definition) is 0. The van der Waals surface area contributed by atoms with E-state index in [-0.39, 0.29) is 17.2 Å². The maximum atomic E-state index is 13.2. The lowest BCUT2D eigenvalue weighted by molar-refractivity contribution is -0.139. The van der Waals surface area contributed by atoms with Gasteiger partial charge in [0.25, 0.3) is 10.0 Å². The normalized spacial score (nSPS) is 22.9. The lowest BCUT2D eigenvalue weighted by Crippen LogP contribution is -2.42. The molecule has 2 aliphatic rings. The van der Waals surface area contributed by atoms with Gasteiger partial charge >= 0.3 is 5.97 Å². The van der Waals surface area contributed by atoms with Crippen molar-refractivity contribution >= 4 is 16.0 Å². The van der Waals surface area contributed by atoms with E-state index in [1.165, 1.54) is 4.31 Å². The van der Waals surface area contributed by atoms with Gasteiger partial charge in [-0.25, -0.2) is 17.5 Å². The first-order valence-electron chi connectivity index (χ1n) is 8.11. The van der Waals surface area contributed by atoms with Gasteiger partial charge in [0.05, 0.1) is 11.5 Å². The summed E-state index contributed by atoms with van der Waals surface area (Å²) in [4.78, 5) is 12.6. The zero-order chi connectivity index (χ0) is 17.7. The summed E-state index contributed by atoms with van der Waals surface area (Å²) in [6, 6.07) is 16.4. The molecule has 0 fully saturated rings. The van der Waals surface area contributed by atoms with E-state index in [1.807, 2.05) is 42.5 Å². The molecule has 2 aliphatic heterocycles. The van der Waals surface area contributed by atoms with Gasteiger partial charge in [0, 0.05) is 12.0 Å². The van der Waals surface area contributed by atoms with E-state index in [2.05, 4.69) is 0 Å². The number of sulfonamides is 1. The van der Waals surface area contributed by atoms with Crippen molar-refractivity contribution in [2.75, 3.05) is 6.61 Å². The van der Waals surface area contributed by atoms with Gasteiger partial charge in [-0.2, -0.15) is 0 Å². The fraction of sp³-hybridized carbons (Fsp3) is 0.211. The van der Waals surface area contributed by atoms with Gasteiger partial charge in [-0.15, -0.1) is 0 Å². The molecule has 4 rings (SSSR count). The van der Waals surface area contributed by atoms with Crippen LogP contribution in [0.15, 0.2) is 71.3 Å². The van der Waals surface area contributed by atoms with Gasteiger partial charge in [-0.3, -0.25) is 0 Å². The van der Waals surface area contributed by atoms with Crippen molar-refractivity contribution in [1.82, 2.24) is 4.31 Å². The minimum absolute atomic E-state index is 0.0851. The standard InChI is InChI=1S/C19H17NO4S/c1-2-24-18(21)16-12-13-19(14-8-4-3-5-9-14)15-10-6-7-11-17(15)25(22,23)20(16)19/h3-12H,2,13H2,1H3. The maximum Gasteiger partial charge on any atom is 0.355 e. The third-order valence-electron chi connectivity index (χ3n) is 4.74. The Morgan fingerprint density at radius 2 is 1.80 bits per heavy atom. The third-order valence-corrected chi connectivity index (χ3v) is 6.64. The zero-order valence-electron chi connectivity index (χ0n) is 13.7. The lowest BCUT2D eigenvalue weighted by Gasteiger charge is -2.34. The molecule has 1 atom stereocenters. The summed E-state index contributed by atoms with van der Waals surface area (Å²) >= 11 is 0. The Morgan fingerprint density at radius 3 is 2.52 bits per heavy atom. The van der Waals surface area contributed by atoms with E-state index in [0.717, 1.165) is 5.56 Å². The van der Waals surface area contributed by atoms with Crippen LogP contribution in [0.25, 0.3) is 0 Å². The van der Waals surface area contributed by atoms with Crippen LogP contribution in [0.3, 0.4) is 0 Å². The SMILES string of the molecule is CCOC(=O)C1=CCC2(c3ccccc3)c3ccccc3S(=O)(=O)N12. The van der Waals surface area contributed by atoms with Crippen molar-refractivity contribution in [1.29, 1.82) is 0 Å². The first-order chi connectivity index (χ1) is 12.0. The van der Waals surface area contributed by atoms with E-state index in [0.29, 0.717) is 12.0 Å². The molecule has 128 valence electrons. The zero-order valence-corrected chi connectivity index (χ0v) is 14.5. The highest BCUT2D eigenvalue weighted by molar-refractivity contribution is 7.89. The molecule has 2 aromatic carbocycles. The number of ether oxygens (including phenoxy) is 1.